The summed E-state index contributed by atoms with van der Waals surface area (Å²) in [6.07, 6.45) is 1.43. The maximum atomic E-state index is 6.12. The standard InChI is InChI=1S/C19H15ClN4O2/c1-2-25-15-9-4-3-8-14(15)23-18-16-17(12-6-5-7-13(20)10-12)24-26-19(16)22-11-21-18/h3-11H,2H2,1H3,(H,21,22,23). The Morgan fingerprint density at radius 2 is 2.00 bits per heavy atom. The monoisotopic (exact) mass is 366 g/mol. The average Bonchev–Trinajstić information content (AvgIpc) is 3.09. The van der Waals surface area contributed by atoms with E-state index in [0.29, 0.717) is 34.2 Å². The zero-order valence-electron chi connectivity index (χ0n) is 13.9. The fourth-order valence-electron chi connectivity index (χ4n) is 2.69. The van der Waals surface area contributed by atoms with Crippen molar-refractivity contribution in [3.05, 3.63) is 59.9 Å². The molecule has 0 aliphatic rings. The Bertz CT molecular complexity index is 1060. The molecule has 4 rings (SSSR count). The number of hydrogen-bond acceptors (Lipinski definition) is 6. The third-order valence-corrected chi connectivity index (χ3v) is 4.05. The molecule has 4 aromatic rings. The molecule has 0 amide bonds. The molecule has 0 aliphatic heterocycles. The molecule has 0 bridgehead atoms. The van der Waals surface area contributed by atoms with Crippen LogP contribution in [-0.4, -0.2) is 21.7 Å². The van der Waals surface area contributed by atoms with Crippen LogP contribution in [0.5, 0.6) is 5.75 Å². The van der Waals surface area contributed by atoms with E-state index in [9.17, 15) is 0 Å². The van der Waals surface area contributed by atoms with Gasteiger partial charge in [-0.2, -0.15) is 4.98 Å². The van der Waals surface area contributed by atoms with Crippen molar-refractivity contribution in [3.8, 4) is 17.0 Å². The average molecular weight is 367 g/mol. The number of aromatic nitrogens is 3. The summed E-state index contributed by atoms with van der Waals surface area (Å²) in [7, 11) is 0. The Kier molecular flexibility index (Phi) is 4.41. The van der Waals surface area contributed by atoms with Gasteiger partial charge in [-0.1, -0.05) is 41.0 Å². The summed E-state index contributed by atoms with van der Waals surface area (Å²) in [6.45, 7) is 2.51. The van der Waals surface area contributed by atoms with E-state index in [1.807, 2.05) is 49.4 Å². The molecule has 26 heavy (non-hydrogen) atoms. The molecule has 130 valence electrons. The second-order valence-electron chi connectivity index (χ2n) is 5.50. The molecule has 2 aromatic carbocycles. The molecular weight excluding hydrogens is 352 g/mol. The SMILES string of the molecule is CCOc1ccccc1Nc1ncnc2onc(-c3cccc(Cl)c3)c12. The Morgan fingerprint density at radius 1 is 1.12 bits per heavy atom. The molecule has 0 spiro atoms. The van der Waals surface area contributed by atoms with Crippen molar-refractivity contribution in [2.75, 3.05) is 11.9 Å². The second-order valence-corrected chi connectivity index (χ2v) is 5.93. The van der Waals surface area contributed by atoms with Crippen molar-refractivity contribution in [1.82, 2.24) is 15.1 Å². The van der Waals surface area contributed by atoms with Crippen LogP contribution in [0.2, 0.25) is 5.02 Å². The number of anilines is 2. The van der Waals surface area contributed by atoms with E-state index in [2.05, 4.69) is 20.4 Å². The molecule has 2 aromatic heterocycles. The summed E-state index contributed by atoms with van der Waals surface area (Å²) in [5.74, 6) is 1.32. The van der Waals surface area contributed by atoms with E-state index in [1.165, 1.54) is 6.33 Å². The lowest BCUT2D eigenvalue weighted by atomic mass is 10.1. The molecule has 0 atom stereocenters. The summed E-state index contributed by atoms with van der Waals surface area (Å²) in [5, 5.41) is 8.76. The number of benzene rings is 2. The van der Waals surface area contributed by atoms with Crippen LogP contribution >= 0.6 is 11.6 Å². The van der Waals surface area contributed by atoms with Crippen LogP contribution in [0.3, 0.4) is 0 Å². The molecule has 1 N–H and O–H groups in total. The topological polar surface area (TPSA) is 73.1 Å². The third-order valence-electron chi connectivity index (χ3n) is 3.81. The number of fused-ring (bicyclic) bond motifs is 1. The fraction of sp³-hybridized carbons (Fsp3) is 0.105. The van der Waals surface area contributed by atoms with Crippen molar-refractivity contribution in [3.63, 3.8) is 0 Å². The molecular formula is C19H15ClN4O2. The first kappa shape index (κ1) is 16.4. The molecule has 0 unspecified atom stereocenters. The van der Waals surface area contributed by atoms with Crippen LogP contribution < -0.4 is 10.1 Å². The number of nitrogens with zero attached hydrogens (tertiary/aromatic N) is 3. The van der Waals surface area contributed by atoms with Crippen LogP contribution in [0.1, 0.15) is 6.92 Å². The summed E-state index contributed by atoms with van der Waals surface area (Å²) < 4.78 is 11.1. The van der Waals surface area contributed by atoms with E-state index in [1.54, 1.807) is 6.07 Å². The van der Waals surface area contributed by atoms with Gasteiger partial charge in [-0.05, 0) is 31.2 Å². The molecule has 0 saturated carbocycles. The highest BCUT2D eigenvalue weighted by molar-refractivity contribution is 6.30. The van der Waals surface area contributed by atoms with Crippen LogP contribution in [0.15, 0.2) is 59.4 Å². The highest BCUT2D eigenvalue weighted by Gasteiger charge is 2.18. The van der Waals surface area contributed by atoms with Crippen LogP contribution in [0.25, 0.3) is 22.4 Å². The number of ether oxygens (including phenoxy) is 1. The van der Waals surface area contributed by atoms with Gasteiger partial charge in [0, 0.05) is 10.6 Å². The lowest BCUT2D eigenvalue weighted by Crippen LogP contribution is -2.00. The summed E-state index contributed by atoms with van der Waals surface area (Å²) >= 11 is 6.12. The van der Waals surface area contributed by atoms with Crippen molar-refractivity contribution in [2.24, 2.45) is 0 Å². The van der Waals surface area contributed by atoms with Gasteiger partial charge in [-0.15, -0.1) is 0 Å². The van der Waals surface area contributed by atoms with Gasteiger partial charge in [0.25, 0.3) is 5.71 Å². The van der Waals surface area contributed by atoms with Crippen molar-refractivity contribution in [1.29, 1.82) is 0 Å². The largest absolute Gasteiger partial charge is 0.492 e. The van der Waals surface area contributed by atoms with Gasteiger partial charge >= 0.3 is 0 Å². The summed E-state index contributed by atoms with van der Waals surface area (Å²) in [4.78, 5) is 8.54. The normalized spacial score (nSPS) is 10.8. The maximum absolute atomic E-state index is 6.12. The predicted molar refractivity (Wildman–Crippen MR) is 101 cm³/mol. The Morgan fingerprint density at radius 3 is 2.85 bits per heavy atom. The van der Waals surface area contributed by atoms with Gasteiger partial charge in [0.1, 0.15) is 29.0 Å². The van der Waals surface area contributed by atoms with Gasteiger partial charge in [0.2, 0.25) is 0 Å². The first-order chi connectivity index (χ1) is 12.8. The van der Waals surface area contributed by atoms with Crippen LogP contribution in [0, 0.1) is 0 Å². The molecule has 6 nitrogen and oxygen atoms in total. The fourth-order valence-corrected chi connectivity index (χ4v) is 2.88. The van der Waals surface area contributed by atoms with E-state index >= 15 is 0 Å². The van der Waals surface area contributed by atoms with Crippen LogP contribution in [0.4, 0.5) is 11.5 Å². The summed E-state index contributed by atoms with van der Waals surface area (Å²) in [6, 6.07) is 15.1. The Balaban J connectivity index is 1.83. The Labute approximate surface area is 154 Å². The lowest BCUT2D eigenvalue weighted by Gasteiger charge is -2.12. The van der Waals surface area contributed by atoms with Crippen LogP contribution in [-0.2, 0) is 0 Å². The minimum atomic E-state index is 0.395. The zero-order chi connectivity index (χ0) is 17.9. The zero-order valence-corrected chi connectivity index (χ0v) is 14.7. The minimum absolute atomic E-state index is 0.395. The Hall–Kier alpha value is -3.12. The quantitative estimate of drug-likeness (QED) is 0.531. The number of hydrogen-bond donors (Lipinski definition) is 1. The van der Waals surface area contributed by atoms with E-state index in [0.717, 1.165) is 17.0 Å². The second kappa shape index (κ2) is 7.01. The highest BCUT2D eigenvalue weighted by atomic mass is 35.5. The highest BCUT2D eigenvalue weighted by Crippen LogP contribution is 2.35. The van der Waals surface area contributed by atoms with Gasteiger partial charge in [-0.3, -0.25) is 0 Å². The van der Waals surface area contributed by atoms with Crippen molar-refractivity contribution in [2.45, 2.75) is 6.92 Å². The first-order valence-corrected chi connectivity index (χ1v) is 8.49. The minimum Gasteiger partial charge on any atom is -0.492 e. The molecule has 7 heteroatoms. The predicted octanol–water partition coefficient (Wildman–Crippen LogP) is 5.08. The molecule has 0 fully saturated rings. The maximum Gasteiger partial charge on any atom is 0.263 e. The third kappa shape index (κ3) is 3.07. The molecule has 2 heterocycles. The van der Waals surface area contributed by atoms with Crippen molar-refractivity contribution >= 4 is 34.2 Å². The molecule has 0 radical (unpaired) electrons. The first-order valence-electron chi connectivity index (χ1n) is 8.11. The molecule has 0 saturated heterocycles. The van der Waals surface area contributed by atoms with Gasteiger partial charge in [0.05, 0.1) is 12.3 Å². The smallest absolute Gasteiger partial charge is 0.263 e. The number of nitrogens with one attached hydrogen (secondary N) is 1. The van der Waals surface area contributed by atoms with Gasteiger partial charge in [0.15, 0.2) is 0 Å². The van der Waals surface area contributed by atoms with E-state index in [4.69, 9.17) is 20.9 Å². The number of para-hydroxylation sites is 2. The number of rotatable bonds is 5. The lowest BCUT2D eigenvalue weighted by molar-refractivity contribution is 0.342. The van der Waals surface area contributed by atoms with Crippen molar-refractivity contribution < 1.29 is 9.26 Å². The van der Waals surface area contributed by atoms with E-state index < -0.39 is 0 Å². The summed E-state index contributed by atoms with van der Waals surface area (Å²) in [5.41, 5.74) is 2.64. The van der Waals surface area contributed by atoms with Gasteiger partial charge < -0.3 is 14.6 Å². The van der Waals surface area contributed by atoms with Gasteiger partial charge in [-0.25, -0.2) is 4.98 Å². The van der Waals surface area contributed by atoms with E-state index in [-0.39, 0.29) is 0 Å². The molecule has 0 aliphatic carbocycles. The number of halogens is 1.